The minimum atomic E-state index is -3.18. The number of rotatable bonds is 2. The number of alkyl halides is 2. The van der Waals surface area contributed by atoms with E-state index in [1.54, 1.807) is 0 Å². The van der Waals surface area contributed by atoms with Gasteiger partial charge in [0.15, 0.2) is 11.6 Å². The van der Waals surface area contributed by atoms with E-state index in [2.05, 4.69) is 4.74 Å². The van der Waals surface area contributed by atoms with E-state index in [0.717, 1.165) is 12.1 Å². The fraction of sp³-hybridized carbons (Fsp3) is 0.125. The van der Waals surface area contributed by atoms with Crippen LogP contribution in [0.4, 0.5) is 13.2 Å². The number of nitriles is 1. The second kappa shape index (κ2) is 4.20. The number of ether oxygens (including phenoxy) is 1. The molecule has 0 aliphatic heterocycles. The van der Waals surface area contributed by atoms with Gasteiger partial charge in [0.2, 0.25) is 0 Å². The van der Waals surface area contributed by atoms with Crippen molar-refractivity contribution in [3.63, 3.8) is 0 Å². The Kier molecular flexibility index (Phi) is 3.20. The normalized spacial score (nSPS) is 10.0. The predicted octanol–water partition coefficient (Wildman–Crippen LogP) is 2.95. The molecule has 74 valence electrons. The second-order valence-corrected chi connectivity index (χ2v) is 2.69. The summed E-state index contributed by atoms with van der Waals surface area (Å²) >= 11 is 5.40. The molecule has 0 heterocycles. The Balaban J connectivity index is 3.20. The second-order valence-electron chi connectivity index (χ2n) is 2.25. The molecule has 0 aliphatic rings. The topological polar surface area (TPSA) is 33.0 Å². The number of halogens is 4. The van der Waals surface area contributed by atoms with E-state index in [1.165, 1.54) is 6.07 Å². The first kappa shape index (κ1) is 10.7. The molecule has 0 atom stereocenters. The molecular formula is C8H3ClF3NO. The van der Waals surface area contributed by atoms with Crippen LogP contribution < -0.4 is 4.74 Å². The van der Waals surface area contributed by atoms with Crippen molar-refractivity contribution in [3.05, 3.63) is 28.5 Å². The molecule has 1 aromatic rings. The summed E-state index contributed by atoms with van der Waals surface area (Å²) < 4.78 is 40.4. The van der Waals surface area contributed by atoms with Gasteiger partial charge in [-0.15, -0.1) is 0 Å². The van der Waals surface area contributed by atoms with E-state index < -0.39 is 18.2 Å². The fourth-order valence-corrected chi connectivity index (χ4v) is 1.06. The summed E-state index contributed by atoms with van der Waals surface area (Å²) in [6, 6.07) is 3.34. The number of hydrogen-bond donors (Lipinski definition) is 0. The third-order valence-corrected chi connectivity index (χ3v) is 1.55. The number of benzene rings is 1. The van der Waals surface area contributed by atoms with Crippen LogP contribution in [-0.2, 0) is 0 Å². The maximum Gasteiger partial charge on any atom is 0.387 e. The van der Waals surface area contributed by atoms with Crippen molar-refractivity contribution in [3.8, 4) is 11.8 Å². The lowest BCUT2D eigenvalue weighted by molar-refractivity contribution is -0.0523. The van der Waals surface area contributed by atoms with Crippen LogP contribution in [0.2, 0.25) is 5.02 Å². The molecule has 1 rings (SSSR count). The van der Waals surface area contributed by atoms with Gasteiger partial charge in [-0.25, -0.2) is 4.39 Å². The largest absolute Gasteiger partial charge is 0.430 e. The Labute approximate surface area is 82.5 Å². The summed E-state index contributed by atoms with van der Waals surface area (Å²) in [6.45, 7) is -3.18. The van der Waals surface area contributed by atoms with Gasteiger partial charge in [-0.3, -0.25) is 0 Å². The van der Waals surface area contributed by atoms with Crippen molar-refractivity contribution >= 4 is 11.6 Å². The van der Waals surface area contributed by atoms with E-state index in [9.17, 15) is 13.2 Å². The van der Waals surface area contributed by atoms with Gasteiger partial charge < -0.3 is 4.74 Å². The van der Waals surface area contributed by atoms with E-state index in [4.69, 9.17) is 16.9 Å². The van der Waals surface area contributed by atoms with Gasteiger partial charge in [-0.05, 0) is 12.1 Å². The highest BCUT2D eigenvalue weighted by Crippen LogP contribution is 2.27. The van der Waals surface area contributed by atoms with Crippen LogP contribution >= 0.6 is 11.6 Å². The van der Waals surface area contributed by atoms with E-state index >= 15 is 0 Å². The predicted molar refractivity (Wildman–Crippen MR) is 42.8 cm³/mol. The highest BCUT2D eigenvalue weighted by Gasteiger charge is 2.15. The van der Waals surface area contributed by atoms with Crippen LogP contribution in [0.1, 0.15) is 5.56 Å². The lowest BCUT2D eigenvalue weighted by Crippen LogP contribution is -2.05. The van der Waals surface area contributed by atoms with Crippen molar-refractivity contribution in [2.75, 3.05) is 0 Å². The first-order valence-corrected chi connectivity index (χ1v) is 3.76. The fourth-order valence-electron chi connectivity index (χ4n) is 0.852. The van der Waals surface area contributed by atoms with Gasteiger partial charge >= 0.3 is 6.61 Å². The molecule has 0 N–H and O–H groups in total. The summed E-state index contributed by atoms with van der Waals surface area (Å²) in [7, 11) is 0. The molecule has 0 aliphatic carbocycles. The molecule has 0 radical (unpaired) electrons. The van der Waals surface area contributed by atoms with Crippen LogP contribution in [0, 0.1) is 17.1 Å². The minimum absolute atomic E-state index is 0.0549. The average Bonchev–Trinajstić information content (AvgIpc) is 2.08. The zero-order chi connectivity index (χ0) is 10.7. The maximum atomic E-state index is 13.0. The van der Waals surface area contributed by atoms with Crippen molar-refractivity contribution in [2.24, 2.45) is 0 Å². The van der Waals surface area contributed by atoms with Crippen molar-refractivity contribution < 1.29 is 17.9 Å². The monoisotopic (exact) mass is 221 g/mol. The van der Waals surface area contributed by atoms with Gasteiger partial charge in [0.05, 0.1) is 5.56 Å². The van der Waals surface area contributed by atoms with Crippen LogP contribution in [0.3, 0.4) is 0 Å². The van der Waals surface area contributed by atoms with Crippen LogP contribution in [0.5, 0.6) is 5.75 Å². The van der Waals surface area contributed by atoms with E-state index in [0.29, 0.717) is 0 Å². The molecule has 0 bridgehead atoms. The minimum Gasteiger partial charge on any atom is -0.430 e. The molecule has 2 nitrogen and oxygen atoms in total. The SMILES string of the molecule is N#Cc1cc(Cl)cc(F)c1OC(F)F. The van der Waals surface area contributed by atoms with Crippen LogP contribution in [0.25, 0.3) is 0 Å². The molecule has 0 spiro atoms. The Morgan fingerprint density at radius 2 is 2.07 bits per heavy atom. The van der Waals surface area contributed by atoms with Gasteiger partial charge in [-0.1, -0.05) is 11.6 Å². The first-order valence-electron chi connectivity index (χ1n) is 3.38. The summed E-state index contributed by atoms with van der Waals surface area (Å²) in [5, 5.41) is 8.43. The molecule has 1 aromatic carbocycles. The highest BCUT2D eigenvalue weighted by molar-refractivity contribution is 6.30. The standard InChI is InChI=1S/C8H3ClF3NO/c9-5-1-4(3-13)7(6(10)2-5)14-8(11)12/h1-2,8H. The molecule has 0 amide bonds. The maximum absolute atomic E-state index is 13.0. The van der Waals surface area contributed by atoms with Crippen LogP contribution in [-0.4, -0.2) is 6.61 Å². The Morgan fingerprint density at radius 3 is 2.57 bits per heavy atom. The van der Waals surface area contributed by atoms with E-state index in [-0.39, 0.29) is 10.6 Å². The van der Waals surface area contributed by atoms with Crippen molar-refractivity contribution in [2.45, 2.75) is 6.61 Å². The van der Waals surface area contributed by atoms with Crippen molar-refractivity contribution in [1.29, 1.82) is 5.26 Å². The molecule has 0 saturated heterocycles. The summed E-state index contributed by atoms with van der Waals surface area (Å²) in [6.07, 6.45) is 0. The third kappa shape index (κ3) is 2.30. The molecule has 0 saturated carbocycles. The average molecular weight is 222 g/mol. The lowest BCUT2D eigenvalue weighted by atomic mass is 10.2. The smallest absolute Gasteiger partial charge is 0.387 e. The summed E-state index contributed by atoms with van der Waals surface area (Å²) in [4.78, 5) is 0. The van der Waals surface area contributed by atoms with Gasteiger partial charge in [0.1, 0.15) is 6.07 Å². The Bertz CT molecular complexity index is 389. The quantitative estimate of drug-likeness (QED) is 0.769. The lowest BCUT2D eigenvalue weighted by Gasteiger charge is -2.07. The zero-order valence-corrected chi connectivity index (χ0v) is 7.36. The Morgan fingerprint density at radius 1 is 1.43 bits per heavy atom. The van der Waals surface area contributed by atoms with Gasteiger partial charge in [-0.2, -0.15) is 14.0 Å². The summed E-state index contributed by atoms with van der Waals surface area (Å²) in [5.74, 6) is -1.87. The first-order chi connectivity index (χ1) is 6.54. The molecule has 0 unspecified atom stereocenters. The highest BCUT2D eigenvalue weighted by atomic mass is 35.5. The number of nitrogens with zero attached hydrogens (tertiary/aromatic N) is 1. The Hall–Kier alpha value is -1.41. The summed E-state index contributed by atoms with van der Waals surface area (Å²) in [5.41, 5.74) is -0.365. The molecule has 0 fully saturated rings. The van der Waals surface area contributed by atoms with E-state index in [1.807, 2.05) is 0 Å². The zero-order valence-electron chi connectivity index (χ0n) is 6.60. The molecule has 6 heteroatoms. The van der Waals surface area contributed by atoms with Gasteiger partial charge in [0, 0.05) is 5.02 Å². The number of hydrogen-bond acceptors (Lipinski definition) is 2. The molecular weight excluding hydrogens is 219 g/mol. The molecule has 14 heavy (non-hydrogen) atoms. The molecule has 0 aromatic heterocycles. The third-order valence-electron chi connectivity index (χ3n) is 1.34. The van der Waals surface area contributed by atoms with Gasteiger partial charge in [0.25, 0.3) is 0 Å². The van der Waals surface area contributed by atoms with Crippen molar-refractivity contribution in [1.82, 2.24) is 0 Å². The van der Waals surface area contributed by atoms with Crippen LogP contribution in [0.15, 0.2) is 12.1 Å².